The molecule has 106 valence electrons. The summed E-state index contributed by atoms with van der Waals surface area (Å²) in [5.74, 6) is -0.793. The molecule has 0 aliphatic heterocycles. The summed E-state index contributed by atoms with van der Waals surface area (Å²) in [7, 11) is -3.89. The first-order chi connectivity index (χ1) is 9.40. The van der Waals surface area contributed by atoms with Gasteiger partial charge in [-0.1, -0.05) is 50.1 Å². The monoisotopic (exact) mass is 421 g/mol. The molecule has 2 rings (SSSR count). The Morgan fingerprint density at radius 1 is 1.10 bits per heavy atom. The molecule has 0 aromatic heterocycles. The molecule has 0 atom stereocenters. The molecule has 0 saturated heterocycles. The third kappa shape index (κ3) is 3.66. The average Bonchev–Trinajstić information content (AvgIpc) is 2.37. The van der Waals surface area contributed by atoms with Crippen molar-refractivity contribution in [2.45, 2.75) is 11.4 Å². The smallest absolute Gasteiger partial charge is 0.207 e. The molecule has 3 nitrogen and oxygen atoms in total. The molecule has 0 unspecified atom stereocenters. The standard InChI is InChI=1S/C13H10Br2FNO2S/c14-10-5-6-13(12(16)7-10)20(18,19)17-8-9-3-1-2-4-11(9)15/h1-7,17H,8H2. The van der Waals surface area contributed by atoms with Crippen molar-refractivity contribution in [3.05, 3.63) is 62.8 Å². The van der Waals surface area contributed by atoms with Gasteiger partial charge in [0.1, 0.15) is 10.7 Å². The van der Waals surface area contributed by atoms with Crippen LogP contribution in [-0.2, 0) is 16.6 Å². The van der Waals surface area contributed by atoms with E-state index in [-0.39, 0.29) is 11.4 Å². The SMILES string of the molecule is O=S(=O)(NCc1ccccc1Br)c1ccc(Br)cc1F. The van der Waals surface area contributed by atoms with E-state index in [1.807, 2.05) is 12.1 Å². The third-order valence-electron chi connectivity index (χ3n) is 2.59. The van der Waals surface area contributed by atoms with Crippen molar-refractivity contribution in [1.82, 2.24) is 4.72 Å². The Hall–Kier alpha value is -0.760. The average molecular weight is 423 g/mol. The molecule has 0 aliphatic rings. The minimum Gasteiger partial charge on any atom is -0.207 e. The fourth-order valence-electron chi connectivity index (χ4n) is 1.59. The molecule has 20 heavy (non-hydrogen) atoms. The van der Waals surface area contributed by atoms with Crippen LogP contribution in [0.4, 0.5) is 4.39 Å². The molecule has 0 aliphatic carbocycles. The summed E-state index contributed by atoms with van der Waals surface area (Å²) >= 11 is 6.42. The van der Waals surface area contributed by atoms with Crippen molar-refractivity contribution in [2.75, 3.05) is 0 Å². The van der Waals surface area contributed by atoms with E-state index in [1.54, 1.807) is 12.1 Å². The number of hydrogen-bond acceptors (Lipinski definition) is 2. The van der Waals surface area contributed by atoms with Crippen molar-refractivity contribution in [3.63, 3.8) is 0 Å². The zero-order valence-electron chi connectivity index (χ0n) is 10.1. The number of nitrogens with one attached hydrogen (secondary N) is 1. The van der Waals surface area contributed by atoms with Gasteiger partial charge in [0.05, 0.1) is 0 Å². The maximum absolute atomic E-state index is 13.7. The van der Waals surface area contributed by atoms with Gasteiger partial charge in [-0.15, -0.1) is 0 Å². The first-order valence-corrected chi connectivity index (χ1v) is 8.65. The largest absolute Gasteiger partial charge is 0.243 e. The highest BCUT2D eigenvalue weighted by molar-refractivity contribution is 9.10. The summed E-state index contributed by atoms with van der Waals surface area (Å²) in [6, 6.07) is 11.0. The Morgan fingerprint density at radius 3 is 2.45 bits per heavy atom. The van der Waals surface area contributed by atoms with Gasteiger partial charge in [-0.05, 0) is 29.8 Å². The van der Waals surface area contributed by atoms with E-state index in [0.29, 0.717) is 4.47 Å². The lowest BCUT2D eigenvalue weighted by molar-refractivity contribution is 0.556. The number of rotatable bonds is 4. The molecule has 0 radical (unpaired) electrons. The number of benzene rings is 2. The molecule has 2 aromatic rings. The zero-order valence-corrected chi connectivity index (χ0v) is 14.1. The van der Waals surface area contributed by atoms with E-state index in [1.165, 1.54) is 12.1 Å². The zero-order chi connectivity index (χ0) is 14.8. The van der Waals surface area contributed by atoms with Crippen molar-refractivity contribution in [2.24, 2.45) is 0 Å². The summed E-state index contributed by atoms with van der Waals surface area (Å²) < 4.78 is 41.5. The molecule has 0 bridgehead atoms. The summed E-state index contributed by atoms with van der Waals surface area (Å²) in [6.45, 7) is 0.0826. The van der Waals surface area contributed by atoms with Crippen LogP contribution in [0, 0.1) is 5.82 Å². The molecule has 0 spiro atoms. The van der Waals surface area contributed by atoms with Gasteiger partial charge in [0.25, 0.3) is 0 Å². The lowest BCUT2D eigenvalue weighted by atomic mass is 10.2. The van der Waals surface area contributed by atoms with Gasteiger partial charge in [0, 0.05) is 15.5 Å². The highest BCUT2D eigenvalue weighted by Crippen LogP contribution is 2.20. The molecule has 7 heteroatoms. The summed E-state index contributed by atoms with van der Waals surface area (Å²) in [5.41, 5.74) is 0.772. The molecule has 2 aromatic carbocycles. The lowest BCUT2D eigenvalue weighted by Crippen LogP contribution is -2.24. The molecular weight excluding hydrogens is 413 g/mol. The second kappa shape index (κ2) is 6.34. The quantitative estimate of drug-likeness (QED) is 0.813. The van der Waals surface area contributed by atoms with Gasteiger partial charge in [0.15, 0.2) is 0 Å². The fraction of sp³-hybridized carbons (Fsp3) is 0.0769. The van der Waals surface area contributed by atoms with Crippen LogP contribution in [-0.4, -0.2) is 8.42 Å². The first kappa shape index (κ1) is 15.6. The van der Waals surface area contributed by atoms with E-state index >= 15 is 0 Å². The van der Waals surface area contributed by atoms with Crippen LogP contribution in [0.15, 0.2) is 56.3 Å². The van der Waals surface area contributed by atoms with Crippen LogP contribution in [0.5, 0.6) is 0 Å². The van der Waals surface area contributed by atoms with Crippen LogP contribution in [0.3, 0.4) is 0 Å². The van der Waals surface area contributed by atoms with Gasteiger partial charge in [0.2, 0.25) is 10.0 Å². The lowest BCUT2D eigenvalue weighted by Gasteiger charge is -2.09. The molecule has 1 N–H and O–H groups in total. The van der Waals surface area contributed by atoms with E-state index in [2.05, 4.69) is 36.6 Å². The predicted octanol–water partition coefficient (Wildman–Crippen LogP) is 3.83. The Balaban J connectivity index is 2.22. The van der Waals surface area contributed by atoms with Crippen LogP contribution in [0.1, 0.15) is 5.56 Å². The van der Waals surface area contributed by atoms with Crippen molar-refractivity contribution < 1.29 is 12.8 Å². The fourth-order valence-corrected chi connectivity index (χ4v) is 3.41. The highest BCUT2D eigenvalue weighted by atomic mass is 79.9. The second-order valence-electron chi connectivity index (χ2n) is 3.99. The van der Waals surface area contributed by atoms with Crippen molar-refractivity contribution >= 4 is 41.9 Å². The van der Waals surface area contributed by atoms with Gasteiger partial charge in [-0.3, -0.25) is 0 Å². The topological polar surface area (TPSA) is 46.2 Å². The molecule has 0 heterocycles. The molecule has 0 amide bonds. The summed E-state index contributed by atoms with van der Waals surface area (Å²) in [4.78, 5) is -0.368. The number of halogens is 3. The molecule has 0 fully saturated rings. The van der Waals surface area contributed by atoms with E-state index < -0.39 is 15.8 Å². The Kier molecular flexibility index (Phi) is 4.95. The Bertz CT molecular complexity index is 735. The highest BCUT2D eigenvalue weighted by Gasteiger charge is 2.19. The Morgan fingerprint density at radius 2 is 1.80 bits per heavy atom. The summed E-state index contributed by atoms with van der Waals surface area (Å²) in [5, 5.41) is 0. The predicted molar refractivity (Wildman–Crippen MR) is 82.3 cm³/mol. The number of sulfonamides is 1. The van der Waals surface area contributed by atoms with Crippen LogP contribution < -0.4 is 4.72 Å². The third-order valence-corrected chi connectivity index (χ3v) is 5.30. The van der Waals surface area contributed by atoms with Gasteiger partial charge in [-0.2, -0.15) is 0 Å². The minimum absolute atomic E-state index is 0.0826. The van der Waals surface area contributed by atoms with Crippen molar-refractivity contribution in [3.8, 4) is 0 Å². The van der Waals surface area contributed by atoms with Crippen LogP contribution in [0.25, 0.3) is 0 Å². The normalized spacial score (nSPS) is 11.6. The van der Waals surface area contributed by atoms with Gasteiger partial charge >= 0.3 is 0 Å². The summed E-state index contributed by atoms with van der Waals surface area (Å²) in [6.07, 6.45) is 0. The van der Waals surface area contributed by atoms with Crippen LogP contribution >= 0.6 is 31.9 Å². The van der Waals surface area contributed by atoms with Gasteiger partial charge < -0.3 is 0 Å². The molecular formula is C13H10Br2FNO2S. The van der Waals surface area contributed by atoms with Crippen molar-refractivity contribution in [1.29, 1.82) is 0 Å². The Labute approximate surface area is 133 Å². The maximum Gasteiger partial charge on any atom is 0.243 e. The first-order valence-electron chi connectivity index (χ1n) is 5.58. The van der Waals surface area contributed by atoms with E-state index in [9.17, 15) is 12.8 Å². The van der Waals surface area contributed by atoms with E-state index in [4.69, 9.17) is 0 Å². The van der Waals surface area contributed by atoms with Crippen LogP contribution in [0.2, 0.25) is 0 Å². The van der Waals surface area contributed by atoms with Gasteiger partial charge in [-0.25, -0.2) is 17.5 Å². The molecule has 0 saturated carbocycles. The number of hydrogen-bond donors (Lipinski definition) is 1. The second-order valence-corrected chi connectivity index (χ2v) is 7.50. The van der Waals surface area contributed by atoms with E-state index in [0.717, 1.165) is 16.1 Å². The maximum atomic E-state index is 13.7. The minimum atomic E-state index is -3.89.